The molecule has 1 aliphatic rings. The highest BCUT2D eigenvalue weighted by Gasteiger charge is 2.30. The summed E-state index contributed by atoms with van der Waals surface area (Å²) >= 11 is 0. The lowest BCUT2D eigenvalue weighted by molar-refractivity contribution is -0.138. The number of nitrogens with zero attached hydrogens (tertiary/aromatic N) is 2. The minimum Gasteiger partial charge on any atom is -0.481 e. The predicted octanol–water partition coefficient (Wildman–Crippen LogP) is 1.98. The van der Waals surface area contributed by atoms with E-state index in [1.165, 1.54) is 0 Å². The van der Waals surface area contributed by atoms with E-state index in [9.17, 15) is 9.59 Å². The normalized spacial score (nSPS) is 19.4. The van der Waals surface area contributed by atoms with Crippen LogP contribution in [0.25, 0.3) is 0 Å². The number of likely N-dealkylation sites (tertiary alicyclic amines) is 1. The lowest BCUT2D eigenvalue weighted by Crippen LogP contribution is -2.45. The number of aliphatic carboxylic acids is 1. The van der Waals surface area contributed by atoms with Crippen molar-refractivity contribution >= 4 is 11.9 Å². The summed E-state index contributed by atoms with van der Waals surface area (Å²) in [4.78, 5) is 25.2. The fraction of sp³-hybridized carbons (Fsp3) is 0.571. The quantitative estimate of drug-likeness (QED) is 0.904. The molecule has 5 nitrogen and oxygen atoms in total. The average Bonchev–Trinajstić information content (AvgIpc) is 2.86. The molecule has 1 atom stereocenters. The van der Waals surface area contributed by atoms with Gasteiger partial charge in [0.1, 0.15) is 5.69 Å². The Morgan fingerprint density at radius 2 is 2.21 bits per heavy atom. The van der Waals surface area contributed by atoms with Gasteiger partial charge in [-0.15, -0.1) is 0 Å². The smallest absolute Gasteiger partial charge is 0.305 e. The molecule has 5 heteroatoms. The van der Waals surface area contributed by atoms with Crippen molar-refractivity contribution in [2.24, 2.45) is 0 Å². The molecule has 2 rings (SSSR count). The Hall–Kier alpha value is -1.78. The first-order valence-corrected chi connectivity index (χ1v) is 6.81. The van der Waals surface area contributed by atoms with E-state index in [2.05, 4.69) is 0 Å². The van der Waals surface area contributed by atoms with Gasteiger partial charge in [-0.25, -0.2) is 0 Å². The van der Waals surface area contributed by atoms with E-state index in [0.717, 1.165) is 25.8 Å². The third-order valence-electron chi connectivity index (χ3n) is 3.69. The van der Waals surface area contributed by atoms with Crippen LogP contribution in [0.4, 0.5) is 0 Å². The van der Waals surface area contributed by atoms with Crippen LogP contribution in [0.3, 0.4) is 0 Å². The highest BCUT2D eigenvalue weighted by molar-refractivity contribution is 5.93. The predicted molar refractivity (Wildman–Crippen MR) is 71.0 cm³/mol. The zero-order valence-corrected chi connectivity index (χ0v) is 11.2. The van der Waals surface area contributed by atoms with Crippen LogP contribution < -0.4 is 0 Å². The molecular formula is C14H20N2O3. The zero-order chi connectivity index (χ0) is 13.8. The van der Waals surface area contributed by atoms with E-state index in [-0.39, 0.29) is 18.4 Å². The van der Waals surface area contributed by atoms with Gasteiger partial charge in [-0.3, -0.25) is 9.59 Å². The number of carbonyl (C=O) groups is 2. The molecule has 0 aromatic carbocycles. The second-order valence-corrected chi connectivity index (χ2v) is 4.93. The lowest BCUT2D eigenvalue weighted by Gasteiger charge is -2.35. The molecule has 2 heterocycles. The number of amides is 1. The SMILES string of the molecule is CCn1cccc1C(=O)N1CCCCC1CC(=O)O. The second-order valence-electron chi connectivity index (χ2n) is 4.93. The maximum atomic E-state index is 12.5. The maximum Gasteiger partial charge on any atom is 0.305 e. The van der Waals surface area contributed by atoms with Crippen LogP contribution in [0.5, 0.6) is 0 Å². The number of carboxylic acids is 1. The van der Waals surface area contributed by atoms with Crippen molar-refractivity contribution in [3.05, 3.63) is 24.0 Å². The minimum atomic E-state index is -0.837. The molecule has 1 N–H and O–H groups in total. The van der Waals surface area contributed by atoms with Gasteiger partial charge in [0.2, 0.25) is 0 Å². The minimum absolute atomic E-state index is 0.0403. The highest BCUT2D eigenvalue weighted by Crippen LogP contribution is 2.22. The van der Waals surface area contributed by atoms with Gasteiger partial charge in [-0.05, 0) is 38.3 Å². The van der Waals surface area contributed by atoms with E-state index >= 15 is 0 Å². The Bertz CT molecular complexity index is 467. The fourth-order valence-corrected chi connectivity index (χ4v) is 2.71. The average molecular weight is 264 g/mol. The summed E-state index contributed by atoms with van der Waals surface area (Å²) < 4.78 is 1.90. The van der Waals surface area contributed by atoms with Gasteiger partial charge in [0.25, 0.3) is 5.91 Å². The molecule has 0 aliphatic carbocycles. The van der Waals surface area contributed by atoms with Gasteiger partial charge in [0.15, 0.2) is 0 Å². The van der Waals surface area contributed by atoms with Gasteiger partial charge in [-0.2, -0.15) is 0 Å². The first kappa shape index (κ1) is 13.6. The molecule has 1 fully saturated rings. The molecule has 1 unspecified atom stereocenters. The van der Waals surface area contributed by atoms with Crippen molar-refractivity contribution in [3.8, 4) is 0 Å². The summed E-state index contributed by atoms with van der Waals surface area (Å²) in [5.74, 6) is -0.881. The van der Waals surface area contributed by atoms with Gasteiger partial charge in [0.05, 0.1) is 6.42 Å². The van der Waals surface area contributed by atoms with E-state index in [1.807, 2.05) is 23.8 Å². The van der Waals surface area contributed by atoms with E-state index in [1.54, 1.807) is 11.0 Å². The number of rotatable bonds is 4. The van der Waals surface area contributed by atoms with Crippen LogP contribution in [0, 0.1) is 0 Å². The van der Waals surface area contributed by atoms with Crippen LogP contribution in [-0.4, -0.2) is 39.0 Å². The maximum absolute atomic E-state index is 12.5. The molecular weight excluding hydrogens is 244 g/mol. The molecule has 1 saturated heterocycles. The van der Waals surface area contributed by atoms with Crippen molar-refractivity contribution in [2.75, 3.05) is 6.54 Å². The number of hydrogen-bond acceptors (Lipinski definition) is 2. The molecule has 0 bridgehead atoms. The molecule has 0 saturated carbocycles. The lowest BCUT2D eigenvalue weighted by atomic mass is 9.99. The van der Waals surface area contributed by atoms with Gasteiger partial charge >= 0.3 is 5.97 Å². The summed E-state index contributed by atoms with van der Waals surface area (Å²) in [5, 5.41) is 8.95. The Kier molecular flexibility index (Phi) is 4.24. The molecule has 1 aromatic heterocycles. The topological polar surface area (TPSA) is 62.5 Å². The number of carboxylic acid groups (broad SMARTS) is 1. The number of carbonyl (C=O) groups excluding carboxylic acids is 1. The third-order valence-corrected chi connectivity index (χ3v) is 3.69. The van der Waals surface area contributed by atoms with Crippen LogP contribution in [-0.2, 0) is 11.3 Å². The van der Waals surface area contributed by atoms with Crippen LogP contribution in [0.2, 0.25) is 0 Å². The van der Waals surface area contributed by atoms with Crippen molar-refractivity contribution < 1.29 is 14.7 Å². The van der Waals surface area contributed by atoms with Crippen LogP contribution >= 0.6 is 0 Å². The molecule has 19 heavy (non-hydrogen) atoms. The van der Waals surface area contributed by atoms with Crippen molar-refractivity contribution in [1.82, 2.24) is 9.47 Å². The monoisotopic (exact) mass is 264 g/mol. The van der Waals surface area contributed by atoms with Gasteiger partial charge < -0.3 is 14.6 Å². The van der Waals surface area contributed by atoms with Crippen molar-refractivity contribution in [3.63, 3.8) is 0 Å². The number of hydrogen-bond donors (Lipinski definition) is 1. The Labute approximate surface area is 112 Å². The molecule has 1 aliphatic heterocycles. The number of aryl methyl sites for hydroxylation is 1. The Balaban J connectivity index is 2.17. The van der Waals surface area contributed by atoms with Crippen LogP contribution in [0.1, 0.15) is 43.1 Å². The summed E-state index contributed by atoms with van der Waals surface area (Å²) in [6.07, 6.45) is 4.65. The first-order valence-electron chi connectivity index (χ1n) is 6.81. The first-order chi connectivity index (χ1) is 9.13. The third kappa shape index (κ3) is 2.97. The Morgan fingerprint density at radius 3 is 2.89 bits per heavy atom. The van der Waals surface area contributed by atoms with Gasteiger partial charge in [-0.1, -0.05) is 0 Å². The fourth-order valence-electron chi connectivity index (χ4n) is 2.71. The molecule has 0 spiro atoms. The van der Waals surface area contributed by atoms with Gasteiger partial charge in [0, 0.05) is 25.3 Å². The summed E-state index contributed by atoms with van der Waals surface area (Å²) in [5.41, 5.74) is 0.653. The molecule has 104 valence electrons. The van der Waals surface area contributed by atoms with E-state index in [0.29, 0.717) is 12.2 Å². The number of piperidine rings is 1. The van der Waals surface area contributed by atoms with Crippen LogP contribution in [0.15, 0.2) is 18.3 Å². The number of aromatic nitrogens is 1. The standard InChI is InChI=1S/C14H20N2O3/c1-2-15-8-5-7-12(15)14(19)16-9-4-3-6-11(16)10-13(17)18/h5,7-8,11H,2-4,6,9-10H2,1H3,(H,17,18). The van der Waals surface area contributed by atoms with Crippen molar-refractivity contribution in [2.45, 2.75) is 45.2 Å². The van der Waals surface area contributed by atoms with E-state index < -0.39 is 5.97 Å². The molecule has 1 amide bonds. The summed E-state index contributed by atoms with van der Waals surface area (Å²) in [7, 11) is 0. The summed E-state index contributed by atoms with van der Waals surface area (Å²) in [6.45, 7) is 3.39. The van der Waals surface area contributed by atoms with Crippen molar-refractivity contribution in [1.29, 1.82) is 0 Å². The zero-order valence-electron chi connectivity index (χ0n) is 11.2. The molecule has 0 radical (unpaired) electrons. The highest BCUT2D eigenvalue weighted by atomic mass is 16.4. The Morgan fingerprint density at radius 1 is 1.42 bits per heavy atom. The largest absolute Gasteiger partial charge is 0.481 e. The summed E-state index contributed by atoms with van der Waals surface area (Å²) in [6, 6.07) is 3.49. The van der Waals surface area contributed by atoms with E-state index in [4.69, 9.17) is 5.11 Å². The molecule has 1 aromatic rings. The second kappa shape index (κ2) is 5.91.